The molecule has 0 spiro atoms. The van der Waals surface area contributed by atoms with Crippen LogP contribution in [0, 0.1) is 0 Å². The predicted molar refractivity (Wildman–Crippen MR) is 110 cm³/mol. The molecule has 1 amide bonds. The quantitative estimate of drug-likeness (QED) is 0.635. The number of rotatable bonds is 9. The highest BCUT2D eigenvalue weighted by molar-refractivity contribution is 5.78. The van der Waals surface area contributed by atoms with Crippen molar-refractivity contribution in [2.45, 2.75) is 25.8 Å². The number of nitrogens with one attached hydrogen (secondary N) is 1. The number of benzene rings is 2. The normalized spacial score (nSPS) is 11.2. The summed E-state index contributed by atoms with van der Waals surface area (Å²) in [7, 11) is 4.18. The van der Waals surface area contributed by atoms with Crippen molar-refractivity contribution in [1.82, 2.24) is 19.8 Å². The minimum absolute atomic E-state index is 0.0523. The minimum atomic E-state index is 0.0523. The van der Waals surface area contributed by atoms with Crippen LogP contribution < -0.4 is 5.32 Å². The van der Waals surface area contributed by atoms with E-state index in [-0.39, 0.29) is 5.91 Å². The molecule has 1 heterocycles. The maximum absolute atomic E-state index is 12.2. The van der Waals surface area contributed by atoms with Gasteiger partial charge in [-0.3, -0.25) is 4.79 Å². The van der Waals surface area contributed by atoms with Crippen molar-refractivity contribution in [2.24, 2.45) is 0 Å². The molecule has 0 atom stereocenters. The van der Waals surface area contributed by atoms with Crippen LogP contribution in [0.25, 0.3) is 11.0 Å². The fourth-order valence-corrected chi connectivity index (χ4v) is 3.27. The lowest BCUT2D eigenvalue weighted by atomic mass is 10.1. The first kappa shape index (κ1) is 19.1. The Morgan fingerprint density at radius 1 is 1.07 bits per heavy atom. The van der Waals surface area contributed by atoms with Gasteiger partial charge in [-0.05, 0) is 44.8 Å². The highest BCUT2D eigenvalue weighted by atomic mass is 16.1. The topological polar surface area (TPSA) is 50.2 Å². The van der Waals surface area contributed by atoms with Gasteiger partial charge in [0, 0.05) is 19.5 Å². The van der Waals surface area contributed by atoms with Gasteiger partial charge in [-0.15, -0.1) is 0 Å². The Labute approximate surface area is 161 Å². The maximum atomic E-state index is 12.2. The summed E-state index contributed by atoms with van der Waals surface area (Å²) in [6.07, 6.45) is 2.22. The number of amides is 1. The van der Waals surface area contributed by atoms with E-state index in [9.17, 15) is 4.79 Å². The lowest BCUT2D eigenvalue weighted by Crippen LogP contribution is -2.28. The van der Waals surface area contributed by atoms with E-state index in [2.05, 4.69) is 47.1 Å². The van der Waals surface area contributed by atoms with Gasteiger partial charge in [0.1, 0.15) is 5.82 Å². The molecule has 1 N–H and O–H groups in total. The summed E-state index contributed by atoms with van der Waals surface area (Å²) in [4.78, 5) is 19.1. The Hall–Kier alpha value is -2.66. The first-order chi connectivity index (χ1) is 13.1. The van der Waals surface area contributed by atoms with Crippen LogP contribution in [-0.4, -0.2) is 47.5 Å². The largest absolute Gasteiger partial charge is 0.355 e. The third-order valence-electron chi connectivity index (χ3n) is 4.60. The van der Waals surface area contributed by atoms with Gasteiger partial charge in [0.05, 0.1) is 17.5 Å². The first-order valence-corrected chi connectivity index (χ1v) is 9.53. The molecule has 2 aromatic carbocycles. The summed E-state index contributed by atoms with van der Waals surface area (Å²) in [5.74, 6) is 1.09. The number of carbonyl (C=O) groups is 1. The average Bonchev–Trinajstić information content (AvgIpc) is 3.00. The monoisotopic (exact) mass is 364 g/mol. The van der Waals surface area contributed by atoms with Crippen molar-refractivity contribution >= 4 is 16.9 Å². The molecule has 0 fully saturated rings. The zero-order chi connectivity index (χ0) is 19.1. The zero-order valence-corrected chi connectivity index (χ0v) is 16.2. The first-order valence-electron chi connectivity index (χ1n) is 9.53. The van der Waals surface area contributed by atoms with E-state index in [4.69, 9.17) is 4.98 Å². The molecule has 0 aliphatic carbocycles. The molecule has 5 heteroatoms. The number of nitrogens with zero attached hydrogens (tertiary/aromatic N) is 3. The lowest BCUT2D eigenvalue weighted by Gasteiger charge is -2.13. The van der Waals surface area contributed by atoms with E-state index >= 15 is 0 Å². The second-order valence-electron chi connectivity index (χ2n) is 7.09. The Balaban J connectivity index is 1.61. The second kappa shape index (κ2) is 9.33. The highest BCUT2D eigenvalue weighted by Gasteiger charge is 2.11. The number of hydrogen-bond acceptors (Lipinski definition) is 3. The molecule has 0 saturated heterocycles. The van der Waals surface area contributed by atoms with Crippen LogP contribution in [0.2, 0.25) is 0 Å². The predicted octanol–water partition coefficient (Wildman–Crippen LogP) is 2.89. The van der Waals surface area contributed by atoms with Crippen LogP contribution in [0.1, 0.15) is 17.8 Å². The molecule has 0 radical (unpaired) electrons. The van der Waals surface area contributed by atoms with Gasteiger partial charge in [0.2, 0.25) is 5.91 Å². The van der Waals surface area contributed by atoms with Crippen LogP contribution in [-0.2, 0) is 24.2 Å². The van der Waals surface area contributed by atoms with Crippen molar-refractivity contribution in [3.8, 4) is 0 Å². The van der Waals surface area contributed by atoms with Gasteiger partial charge >= 0.3 is 0 Å². The third kappa shape index (κ3) is 5.41. The van der Waals surface area contributed by atoms with Crippen LogP contribution in [0.3, 0.4) is 0 Å². The van der Waals surface area contributed by atoms with Gasteiger partial charge in [0.25, 0.3) is 0 Å². The van der Waals surface area contributed by atoms with Crippen molar-refractivity contribution in [3.63, 3.8) is 0 Å². The fourth-order valence-electron chi connectivity index (χ4n) is 3.27. The smallest absolute Gasteiger partial charge is 0.224 e. The number of aryl methyl sites for hydroxylation is 1. The van der Waals surface area contributed by atoms with Crippen molar-refractivity contribution in [3.05, 3.63) is 66.0 Å². The average molecular weight is 364 g/mol. The van der Waals surface area contributed by atoms with Gasteiger partial charge in [-0.2, -0.15) is 0 Å². The van der Waals surface area contributed by atoms with Crippen molar-refractivity contribution in [1.29, 1.82) is 0 Å². The molecule has 0 saturated carbocycles. The standard InChI is InChI=1S/C22H28N4O/c1-25(2)15-8-16-26-20-12-7-6-11-19(20)24-21(26)13-14-23-22(27)17-18-9-4-3-5-10-18/h3-7,9-12H,8,13-17H2,1-2H3,(H,23,27). The van der Waals surface area contributed by atoms with Crippen molar-refractivity contribution in [2.75, 3.05) is 27.2 Å². The summed E-state index contributed by atoms with van der Waals surface area (Å²) in [5.41, 5.74) is 3.22. The van der Waals surface area contributed by atoms with E-state index < -0.39 is 0 Å². The highest BCUT2D eigenvalue weighted by Crippen LogP contribution is 2.17. The number of imidazole rings is 1. The molecule has 3 rings (SSSR count). The summed E-state index contributed by atoms with van der Waals surface area (Å²) in [5, 5.41) is 3.03. The number of aromatic nitrogens is 2. The second-order valence-corrected chi connectivity index (χ2v) is 7.09. The molecule has 27 heavy (non-hydrogen) atoms. The maximum Gasteiger partial charge on any atom is 0.224 e. The van der Waals surface area contributed by atoms with Crippen LogP contribution in [0.5, 0.6) is 0 Å². The Bertz CT molecular complexity index is 870. The fraction of sp³-hybridized carbons (Fsp3) is 0.364. The van der Waals surface area contributed by atoms with E-state index in [1.165, 1.54) is 5.52 Å². The van der Waals surface area contributed by atoms with Gasteiger partial charge in [0.15, 0.2) is 0 Å². The zero-order valence-electron chi connectivity index (χ0n) is 16.2. The molecule has 3 aromatic rings. The Morgan fingerprint density at radius 2 is 1.81 bits per heavy atom. The molecule has 5 nitrogen and oxygen atoms in total. The summed E-state index contributed by atoms with van der Waals surface area (Å²) >= 11 is 0. The van der Waals surface area contributed by atoms with Gasteiger partial charge in [-0.1, -0.05) is 42.5 Å². The van der Waals surface area contributed by atoms with E-state index in [0.717, 1.165) is 42.8 Å². The SMILES string of the molecule is CN(C)CCCn1c(CCNC(=O)Cc2ccccc2)nc2ccccc21. The Kier molecular flexibility index (Phi) is 6.60. The van der Waals surface area contributed by atoms with Crippen LogP contribution in [0.4, 0.5) is 0 Å². The number of hydrogen-bond donors (Lipinski definition) is 1. The molecule has 142 valence electrons. The summed E-state index contributed by atoms with van der Waals surface area (Å²) in [6.45, 7) is 2.58. The summed E-state index contributed by atoms with van der Waals surface area (Å²) < 4.78 is 2.29. The third-order valence-corrected chi connectivity index (χ3v) is 4.60. The van der Waals surface area contributed by atoms with E-state index in [1.54, 1.807) is 0 Å². The molecular weight excluding hydrogens is 336 g/mol. The number of fused-ring (bicyclic) bond motifs is 1. The van der Waals surface area contributed by atoms with Crippen LogP contribution in [0.15, 0.2) is 54.6 Å². The van der Waals surface area contributed by atoms with E-state index in [1.807, 2.05) is 36.4 Å². The van der Waals surface area contributed by atoms with Gasteiger partial charge in [-0.25, -0.2) is 4.98 Å². The van der Waals surface area contributed by atoms with Gasteiger partial charge < -0.3 is 14.8 Å². The molecule has 0 unspecified atom stereocenters. The number of para-hydroxylation sites is 2. The van der Waals surface area contributed by atoms with Crippen molar-refractivity contribution < 1.29 is 4.79 Å². The summed E-state index contributed by atoms with van der Waals surface area (Å²) in [6, 6.07) is 18.1. The minimum Gasteiger partial charge on any atom is -0.355 e. The molecular formula is C22H28N4O. The van der Waals surface area contributed by atoms with Crippen LogP contribution >= 0.6 is 0 Å². The molecule has 0 bridgehead atoms. The Morgan fingerprint density at radius 3 is 2.59 bits per heavy atom. The number of carbonyl (C=O) groups excluding carboxylic acids is 1. The lowest BCUT2D eigenvalue weighted by molar-refractivity contribution is -0.120. The molecule has 0 aliphatic heterocycles. The molecule has 1 aromatic heterocycles. The molecule has 0 aliphatic rings. The van der Waals surface area contributed by atoms with E-state index in [0.29, 0.717) is 13.0 Å².